The zero-order chi connectivity index (χ0) is 10.2. The summed E-state index contributed by atoms with van der Waals surface area (Å²) in [6, 6.07) is 7.36. The number of amides is 1. The summed E-state index contributed by atoms with van der Waals surface area (Å²) in [7, 11) is 0. The fraction of sp³-hybridized carbons (Fsp3) is 0.364. The summed E-state index contributed by atoms with van der Waals surface area (Å²) < 4.78 is 5.48. The van der Waals surface area contributed by atoms with E-state index in [-0.39, 0.29) is 0 Å². The Balaban J connectivity index is 2.50. The summed E-state index contributed by atoms with van der Waals surface area (Å²) in [6.45, 7) is 2.84. The van der Waals surface area contributed by atoms with Gasteiger partial charge in [0.05, 0.1) is 6.61 Å². The van der Waals surface area contributed by atoms with Gasteiger partial charge in [0, 0.05) is 11.8 Å². The van der Waals surface area contributed by atoms with Gasteiger partial charge in [-0.2, -0.15) is 0 Å². The average Bonchev–Trinajstić information content (AvgIpc) is 2.19. The molecule has 76 valence electrons. The minimum absolute atomic E-state index is 0.658. The molecule has 0 radical (unpaired) electrons. The minimum Gasteiger partial charge on any atom is -0.494 e. The van der Waals surface area contributed by atoms with Crippen LogP contribution in [0.5, 0.6) is 5.75 Å². The predicted octanol–water partition coefficient (Wildman–Crippen LogP) is 2.43. The highest BCUT2D eigenvalue weighted by Gasteiger charge is 1.95. The first-order chi connectivity index (χ1) is 6.86. The molecule has 0 aliphatic rings. The SMILES string of the molecule is CCCCOc1cccc(NC=O)c1. The lowest BCUT2D eigenvalue weighted by atomic mass is 10.3. The molecule has 1 amide bonds. The molecule has 3 heteroatoms. The van der Waals surface area contributed by atoms with Crippen LogP contribution < -0.4 is 10.1 Å². The molecule has 0 atom stereocenters. The largest absolute Gasteiger partial charge is 0.494 e. The van der Waals surface area contributed by atoms with Gasteiger partial charge in [-0.15, -0.1) is 0 Å². The Morgan fingerprint density at radius 2 is 2.36 bits per heavy atom. The zero-order valence-corrected chi connectivity index (χ0v) is 8.32. The topological polar surface area (TPSA) is 38.3 Å². The number of carbonyl (C=O) groups is 1. The lowest BCUT2D eigenvalue weighted by molar-refractivity contribution is -0.105. The van der Waals surface area contributed by atoms with Crippen LogP contribution in [-0.2, 0) is 4.79 Å². The predicted molar refractivity (Wildman–Crippen MR) is 56.5 cm³/mol. The molecule has 0 aromatic heterocycles. The van der Waals surface area contributed by atoms with E-state index in [1.807, 2.05) is 24.3 Å². The van der Waals surface area contributed by atoms with Crippen LogP contribution in [0.3, 0.4) is 0 Å². The van der Waals surface area contributed by atoms with Crippen LogP contribution in [-0.4, -0.2) is 13.0 Å². The summed E-state index contributed by atoms with van der Waals surface area (Å²) in [5, 5.41) is 2.58. The summed E-state index contributed by atoms with van der Waals surface area (Å²) >= 11 is 0. The minimum atomic E-state index is 0.658. The Bertz CT molecular complexity index is 286. The number of carbonyl (C=O) groups excluding carboxylic acids is 1. The molecule has 0 bridgehead atoms. The molecule has 0 saturated heterocycles. The molecule has 3 nitrogen and oxygen atoms in total. The van der Waals surface area contributed by atoms with Gasteiger partial charge in [-0.1, -0.05) is 19.4 Å². The Hall–Kier alpha value is -1.51. The first kappa shape index (κ1) is 10.6. The molecule has 0 spiro atoms. The smallest absolute Gasteiger partial charge is 0.211 e. The fourth-order valence-electron chi connectivity index (χ4n) is 1.08. The molecule has 0 unspecified atom stereocenters. The van der Waals surface area contributed by atoms with Crippen LogP contribution >= 0.6 is 0 Å². The van der Waals surface area contributed by atoms with E-state index in [1.165, 1.54) is 0 Å². The van der Waals surface area contributed by atoms with E-state index in [4.69, 9.17) is 4.74 Å². The van der Waals surface area contributed by atoms with Crippen molar-refractivity contribution >= 4 is 12.1 Å². The molecule has 1 rings (SSSR count). The van der Waals surface area contributed by atoms with E-state index in [0.717, 1.165) is 30.9 Å². The van der Waals surface area contributed by atoms with E-state index in [0.29, 0.717) is 6.41 Å². The summed E-state index contributed by atoms with van der Waals surface area (Å²) in [5.41, 5.74) is 0.758. The van der Waals surface area contributed by atoms with Gasteiger partial charge in [0.2, 0.25) is 6.41 Å². The molecular weight excluding hydrogens is 178 g/mol. The second-order valence-corrected chi connectivity index (χ2v) is 2.99. The van der Waals surface area contributed by atoms with Crippen molar-refractivity contribution in [3.8, 4) is 5.75 Å². The Kier molecular flexibility index (Phi) is 4.55. The van der Waals surface area contributed by atoms with Gasteiger partial charge in [-0.05, 0) is 18.6 Å². The third-order valence-electron chi connectivity index (χ3n) is 1.83. The number of anilines is 1. The van der Waals surface area contributed by atoms with Crippen LogP contribution in [0.4, 0.5) is 5.69 Å². The van der Waals surface area contributed by atoms with Crippen molar-refractivity contribution in [3.05, 3.63) is 24.3 Å². The number of benzene rings is 1. The van der Waals surface area contributed by atoms with E-state index in [9.17, 15) is 4.79 Å². The van der Waals surface area contributed by atoms with Crippen molar-refractivity contribution < 1.29 is 9.53 Å². The zero-order valence-electron chi connectivity index (χ0n) is 8.32. The fourth-order valence-corrected chi connectivity index (χ4v) is 1.08. The Labute approximate surface area is 84.1 Å². The van der Waals surface area contributed by atoms with Gasteiger partial charge < -0.3 is 10.1 Å². The molecule has 0 fully saturated rings. The highest BCUT2D eigenvalue weighted by atomic mass is 16.5. The average molecular weight is 193 g/mol. The van der Waals surface area contributed by atoms with Gasteiger partial charge in [0.1, 0.15) is 5.75 Å². The van der Waals surface area contributed by atoms with Gasteiger partial charge in [0.15, 0.2) is 0 Å². The molecule has 0 heterocycles. The van der Waals surface area contributed by atoms with Gasteiger partial charge in [0.25, 0.3) is 0 Å². The van der Waals surface area contributed by atoms with Crippen LogP contribution in [0.1, 0.15) is 19.8 Å². The number of rotatable bonds is 6. The molecule has 0 saturated carbocycles. The Morgan fingerprint density at radius 1 is 1.50 bits per heavy atom. The third kappa shape index (κ3) is 3.47. The van der Waals surface area contributed by atoms with Crippen molar-refractivity contribution in [3.63, 3.8) is 0 Å². The van der Waals surface area contributed by atoms with Crippen molar-refractivity contribution in [2.75, 3.05) is 11.9 Å². The van der Waals surface area contributed by atoms with Gasteiger partial charge >= 0.3 is 0 Å². The van der Waals surface area contributed by atoms with Crippen molar-refractivity contribution in [2.45, 2.75) is 19.8 Å². The summed E-state index contributed by atoms with van der Waals surface area (Å²) in [6.07, 6.45) is 2.82. The Morgan fingerprint density at radius 3 is 3.07 bits per heavy atom. The lowest BCUT2D eigenvalue weighted by Crippen LogP contribution is -1.98. The number of nitrogens with one attached hydrogen (secondary N) is 1. The first-order valence-corrected chi connectivity index (χ1v) is 4.80. The maximum Gasteiger partial charge on any atom is 0.211 e. The van der Waals surface area contributed by atoms with E-state index >= 15 is 0 Å². The van der Waals surface area contributed by atoms with E-state index in [2.05, 4.69) is 12.2 Å². The van der Waals surface area contributed by atoms with Crippen LogP contribution in [0, 0.1) is 0 Å². The van der Waals surface area contributed by atoms with Gasteiger partial charge in [-0.3, -0.25) is 4.79 Å². The molecule has 14 heavy (non-hydrogen) atoms. The highest BCUT2D eigenvalue weighted by molar-refractivity contribution is 5.71. The lowest BCUT2D eigenvalue weighted by Gasteiger charge is -2.06. The maximum absolute atomic E-state index is 10.2. The monoisotopic (exact) mass is 193 g/mol. The molecular formula is C11H15NO2. The van der Waals surface area contributed by atoms with Crippen molar-refractivity contribution in [1.29, 1.82) is 0 Å². The van der Waals surface area contributed by atoms with E-state index in [1.54, 1.807) is 0 Å². The number of hydrogen-bond donors (Lipinski definition) is 1. The summed E-state index contributed by atoms with van der Waals surface area (Å²) in [4.78, 5) is 10.2. The summed E-state index contributed by atoms with van der Waals surface area (Å²) in [5.74, 6) is 0.797. The highest BCUT2D eigenvalue weighted by Crippen LogP contribution is 2.16. The standard InChI is InChI=1S/C11H15NO2/c1-2-3-7-14-11-6-4-5-10(8-11)12-9-13/h4-6,8-9H,2-3,7H2,1H3,(H,12,13). The normalized spacial score (nSPS) is 9.50. The van der Waals surface area contributed by atoms with Crippen LogP contribution in [0.25, 0.3) is 0 Å². The number of hydrogen-bond acceptors (Lipinski definition) is 2. The molecule has 1 aromatic rings. The van der Waals surface area contributed by atoms with E-state index < -0.39 is 0 Å². The third-order valence-corrected chi connectivity index (χ3v) is 1.83. The van der Waals surface area contributed by atoms with Crippen molar-refractivity contribution in [2.24, 2.45) is 0 Å². The molecule has 1 N–H and O–H groups in total. The van der Waals surface area contributed by atoms with Gasteiger partial charge in [-0.25, -0.2) is 0 Å². The maximum atomic E-state index is 10.2. The first-order valence-electron chi connectivity index (χ1n) is 4.80. The van der Waals surface area contributed by atoms with Crippen molar-refractivity contribution in [1.82, 2.24) is 0 Å². The number of unbranched alkanes of at least 4 members (excludes halogenated alkanes) is 1. The molecule has 0 aliphatic carbocycles. The van der Waals surface area contributed by atoms with Crippen LogP contribution in [0.15, 0.2) is 24.3 Å². The quantitative estimate of drug-likeness (QED) is 0.556. The molecule has 0 aliphatic heterocycles. The number of ether oxygens (including phenoxy) is 1. The second-order valence-electron chi connectivity index (χ2n) is 2.99. The molecule has 1 aromatic carbocycles. The van der Waals surface area contributed by atoms with Crippen LogP contribution in [0.2, 0.25) is 0 Å². The second kappa shape index (κ2) is 6.02.